The minimum absolute atomic E-state index is 0.0241. The molecule has 1 heterocycles. The van der Waals surface area contributed by atoms with Gasteiger partial charge in [-0.1, -0.05) is 5.92 Å². The first-order valence-electron chi connectivity index (χ1n) is 4.30. The Balaban J connectivity index is 2.56. The molecule has 0 amide bonds. The molecular formula is C9H15NO2S. The number of sulfone groups is 1. The third-order valence-corrected chi connectivity index (χ3v) is 3.93. The number of hydrogen-bond acceptors (Lipinski definition) is 3. The zero-order valence-corrected chi connectivity index (χ0v) is 8.82. The maximum atomic E-state index is 11.1. The molecule has 1 fully saturated rings. The lowest BCUT2D eigenvalue weighted by atomic mass is 10.1. The van der Waals surface area contributed by atoms with Gasteiger partial charge in [-0.05, 0) is 20.3 Å². The molecule has 1 aliphatic heterocycles. The monoisotopic (exact) mass is 201 g/mol. The molecule has 4 heteroatoms. The Labute approximate surface area is 79.8 Å². The SMILES string of the molecule is C#CC(C)(C)NC1CCS(=O)(=O)C1. The molecule has 13 heavy (non-hydrogen) atoms. The fraction of sp³-hybridized carbons (Fsp3) is 0.778. The van der Waals surface area contributed by atoms with Crippen LogP contribution in [0.2, 0.25) is 0 Å². The third kappa shape index (κ3) is 3.02. The fourth-order valence-corrected chi connectivity index (χ4v) is 3.13. The molecule has 1 N–H and O–H groups in total. The molecule has 1 saturated heterocycles. The summed E-state index contributed by atoms with van der Waals surface area (Å²) < 4.78 is 22.2. The van der Waals surface area contributed by atoms with Crippen molar-refractivity contribution in [3.63, 3.8) is 0 Å². The zero-order valence-electron chi connectivity index (χ0n) is 8.00. The van der Waals surface area contributed by atoms with Gasteiger partial charge in [0.25, 0.3) is 0 Å². The zero-order chi connectivity index (χ0) is 10.1. The van der Waals surface area contributed by atoms with Gasteiger partial charge in [0.05, 0.1) is 17.0 Å². The fourth-order valence-electron chi connectivity index (χ4n) is 1.46. The van der Waals surface area contributed by atoms with Crippen molar-refractivity contribution >= 4 is 9.84 Å². The first-order valence-corrected chi connectivity index (χ1v) is 6.13. The van der Waals surface area contributed by atoms with Crippen LogP contribution in [0.25, 0.3) is 0 Å². The van der Waals surface area contributed by atoms with Gasteiger partial charge >= 0.3 is 0 Å². The highest BCUT2D eigenvalue weighted by molar-refractivity contribution is 7.91. The summed E-state index contributed by atoms with van der Waals surface area (Å²) in [5, 5.41) is 3.15. The van der Waals surface area contributed by atoms with E-state index in [0.29, 0.717) is 6.42 Å². The van der Waals surface area contributed by atoms with Crippen LogP contribution in [0.5, 0.6) is 0 Å². The van der Waals surface area contributed by atoms with Gasteiger partial charge < -0.3 is 0 Å². The molecule has 0 saturated carbocycles. The van der Waals surface area contributed by atoms with Crippen molar-refractivity contribution in [3.8, 4) is 12.3 Å². The largest absolute Gasteiger partial charge is 0.298 e. The van der Waals surface area contributed by atoms with E-state index in [-0.39, 0.29) is 17.5 Å². The van der Waals surface area contributed by atoms with Crippen LogP contribution in [0.1, 0.15) is 20.3 Å². The van der Waals surface area contributed by atoms with E-state index in [1.54, 1.807) is 0 Å². The Hall–Kier alpha value is -0.530. The summed E-state index contributed by atoms with van der Waals surface area (Å²) in [6.45, 7) is 3.75. The Morgan fingerprint density at radius 3 is 2.54 bits per heavy atom. The van der Waals surface area contributed by atoms with Crippen molar-refractivity contribution in [1.82, 2.24) is 5.32 Å². The normalized spacial score (nSPS) is 27.0. The van der Waals surface area contributed by atoms with Crippen LogP contribution < -0.4 is 5.32 Å². The van der Waals surface area contributed by atoms with E-state index < -0.39 is 15.4 Å². The van der Waals surface area contributed by atoms with Crippen molar-refractivity contribution in [2.24, 2.45) is 0 Å². The highest BCUT2D eigenvalue weighted by Crippen LogP contribution is 2.14. The summed E-state index contributed by atoms with van der Waals surface area (Å²) in [7, 11) is -2.81. The topological polar surface area (TPSA) is 46.2 Å². The van der Waals surface area contributed by atoms with Crippen molar-refractivity contribution in [2.75, 3.05) is 11.5 Å². The summed E-state index contributed by atoms with van der Waals surface area (Å²) in [4.78, 5) is 0. The van der Waals surface area contributed by atoms with E-state index in [1.807, 2.05) is 13.8 Å². The molecule has 0 aliphatic carbocycles. The van der Waals surface area contributed by atoms with Crippen LogP contribution in [-0.4, -0.2) is 31.5 Å². The number of nitrogens with one attached hydrogen (secondary N) is 1. The molecule has 1 rings (SSSR count). The lowest BCUT2D eigenvalue weighted by molar-refractivity contribution is 0.426. The van der Waals surface area contributed by atoms with Gasteiger partial charge in [0.1, 0.15) is 0 Å². The highest BCUT2D eigenvalue weighted by atomic mass is 32.2. The Bertz CT molecular complexity index is 324. The smallest absolute Gasteiger partial charge is 0.151 e. The van der Waals surface area contributed by atoms with E-state index in [2.05, 4.69) is 11.2 Å². The van der Waals surface area contributed by atoms with Crippen LogP contribution in [0.3, 0.4) is 0 Å². The maximum Gasteiger partial charge on any atom is 0.151 e. The minimum atomic E-state index is -2.81. The van der Waals surface area contributed by atoms with E-state index in [9.17, 15) is 8.42 Å². The van der Waals surface area contributed by atoms with Crippen molar-refractivity contribution in [2.45, 2.75) is 31.8 Å². The molecular weight excluding hydrogens is 186 g/mol. The minimum Gasteiger partial charge on any atom is -0.298 e. The van der Waals surface area contributed by atoms with Crippen LogP contribution in [0.4, 0.5) is 0 Å². The predicted molar refractivity (Wildman–Crippen MR) is 53.1 cm³/mol. The van der Waals surface area contributed by atoms with Crippen molar-refractivity contribution in [1.29, 1.82) is 0 Å². The first-order chi connectivity index (χ1) is 5.85. The summed E-state index contributed by atoms with van der Waals surface area (Å²) in [6.07, 6.45) is 5.96. The highest BCUT2D eigenvalue weighted by Gasteiger charge is 2.30. The summed E-state index contributed by atoms with van der Waals surface area (Å²) >= 11 is 0. The number of hydrogen-bond donors (Lipinski definition) is 1. The van der Waals surface area contributed by atoms with Gasteiger partial charge in [-0.15, -0.1) is 6.42 Å². The van der Waals surface area contributed by atoms with Gasteiger partial charge in [-0.2, -0.15) is 0 Å². The first kappa shape index (κ1) is 10.6. The molecule has 0 aromatic heterocycles. The van der Waals surface area contributed by atoms with E-state index >= 15 is 0 Å². The lowest BCUT2D eigenvalue weighted by Gasteiger charge is -2.23. The van der Waals surface area contributed by atoms with Gasteiger partial charge in [-0.3, -0.25) is 5.32 Å². The van der Waals surface area contributed by atoms with Crippen LogP contribution in [0, 0.1) is 12.3 Å². The van der Waals surface area contributed by atoms with Crippen molar-refractivity contribution < 1.29 is 8.42 Å². The van der Waals surface area contributed by atoms with Gasteiger partial charge in [0, 0.05) is 6.04 Å². The average molecular weight is 201 g/mol. The molecule has 0 radical (unpaired) electrons. The average Bonchev–Trinajstić information content (AvgIpc) is 2.29. The predicted octanol–water partition coefficient (Wildman–Crippen LogP) is 0.175. The van der Waals surface area contributed by atoms with Crippen LogP contribution >= 0.6 is 0 Å². The second kappa shape index (κ2) is 3.32. The molecule has 74 valence electrons. The molecule has 1 aliphatic rings. The van der Waals surface area contributed by atoms with Gasteiger partial charge in [0.15, 0.2) is 9.84 Å². The Kier molecular flexibility index (Phi) is 2.69. The Morgan fingerprint density at radius 1 is 1.54 bits per heavy atom. The summed E-state index contributed by atoms with van der Waals surface area (Å²) in [5.74, 6) is 3.09. The van der Waals surface area contributed by atoms with Crippen molar-refractivity contribution in [3.05, 3.63) is 0 Å². The number of terminal acetylenes is 1. The lowest BCUT2D eigenvalue weighted by Crippen LogP contribution is -2.45. The molecule has 1 atom stereocenters. The number of rotatable bonds is 2. The quantitative estimate of drug-likeness (QED) is 0.648. The standard InChI is InChI=1S/C9H15NO2S/c1-4-9(2,3)10-8-5-6-13(11,12)7-8/h1,8,10H,5-7H2,2-3H3. The van der Waals surface area contributed by atoms with Gasteiger partial charge in [0.2, 0.25) is 0 Å². The second-order valence-corrected chi connectivity index (χ2v) is 6.24. The molecule has 1 unspecified atom stereocenters. The van der Waals surface area contributed by atoms with E-state index in [4.69, 9.17) is 6.42 Å². The van der Waals surface area contributed by atoms with Crippen LogP contribution in [-0.2, 0) is 9.84 Å². The van der Waals surface area contributed by atoms with E-state index in [1.165, 1.54) is 0 Å². The summed E-state index contributed by atoms with van der Waals surface area (Å²) in [6, 6.07) is 0.0241. The van der Waals surface area contributed by atoms with E-state index in [0.717, 1.165) is 0 Å². The molecule has 0 spiro atoms. The maximum absolute atomic E-state index is 11.1. The third-order valence-electron chi connectivity index (χ3n) is 2.16. The molecule has 3 nitrogen and oxygen atoms in total. The molecule has 0 bridgehead atoms. The molecule has 0 aromatic carbocycles. The summed E-state index contributed by atoms with van der Waals surface area (Å²) in [5.41, 5.74) is -0.412. The Morgan fingerprint density at radius 2 is 2.15 bits per heavy atom. The van der Waals surface area contributed by atoms with Crippen LogP contribution in [0.15, 0.2) is 0 Å². The van der Waals surface area contributed by atoms with Gasteiger partial charge in [-0.25, -0.2) is 8.42 Å². The second-order valence-electron chi connectivity index (χ2n) is 4.01. The molecule has 0 aromatic rings.